The number of carbonyl (C=O) groups excluding carboxylic acids is 1. The number of hydrogen-bond donors (Lipinski definition) is 1. The first-order valence-corrected chi connectivity index (χ1v) is 11.3. The van der Waals surface area contributed by atoms with Gasteiger partial charge in [-0.1, -0.05) is 18.2 Å². The third kappa shape index (κ3) is 5.06. The molecule has 0 atom stereocenters. The number of anilines is 1. The van der Waals surface area contributed by atoms with Crippen LogP contribution in [0.2, 0.25) is 0 Å². The molecule has 31 heavy (non-hydrogen) atoms. The lowest BCUT2D eigenvalue weighted by Crippen LogP contribution is -2.14. The molecule has 0 spiro atoms. The monoisotopic (exact) mass is 432 g/mol. The highest BCUT2D eigenvalue weighted by molar-refractivity contribution is 7.98. The van der Waals surface area contributed by atoms with E-state index < -0.39 is 0 Å². The number of thioether (sulfide) groups is 1. The number of fused-ring (bicyclic) bond motifs is 1. The summed E-state index contributed by atoms with van der Waals surface area (Å²) < 4.78 is 7.33. The molecule has 0 aliphatic heterocycles. The molecular weight excluding hydrogens is 408 g/mol. The molecule has 1 amide bonds. The van der Waals surface area contributed by atoms with Crippen molar-refractivity contribution in [1.29, 1.82) is 0 Å². The van der Waals surface area contributed by atoms with Crippen molar-refractivity contribution in [3.05, 3.63) is 78.2 Å². The summed E-state index contributed by atoms with van der Waals surface area (Å²) in [6.07, 6.45) is 4.65. The Labute approximate surface area is 185 Å². The van der Waals surface area contributed by atoms with Crippen molar-refractivity contribution in [2.75, 3.05) is 18.7 Å². The summed E-state index contributed by atoms with van der Waals surface area (Å²) in [5.41, 5.74) is 3.58. The van der Waals surface area contributed by atoms with Gasteiger partial charge in [0.1, 0.15) is 17.1 Å². The maximum atomic E-state index is 12.6. The first-order valence-electron chi connectivity index (χ1n) is 10.0. The summed E-state index contributed by atoms with van der Waals surface area (Å²) in [6.45, 7) is 0.629. The molecule has 0 saturated carbocycles. The number of imidazole rings is 1. The molecule has 2 heterocycles. The zero-order chi connectivity index (χ0) is 21.6. The van der Waals surface area contributed by atoms with E-state index in [2.05, 4.69) is 14.9 Å². The third-order valence-corrected chi connectivity index (χ3v) is 5.74. The zero-order valence-electron chi connectivity index (χ0n) is 17.5. The fourth-order valence-corrected chi connectivity index (χ4v) is 3.88. The van der Waals surface area contributed by atoms with Crippen LogP contribution in [0.15, 0.2) is 71.8 Å². The Balaban J connectivity index is 1.51. The van der Waals surface area contributed by atoms with Gasteiger partial charge in [-0.25, -0.2) is 9.97 Å². The molecule has 6 nitrogen and oxygen atoms in total. The molecular formula is C24H24N4O2S. The minimum absolute atomic E-state index is 0.0331. The Kier molecular flexibility index (Phi) is 6.52. The number of benzene rings is 2. The second-order valence-corrected chi connectivity index (χ2v) is 7.97. The van der Waals surface area contributed by atoms with Gasteiger partial charge in [0, 0.05) is 29.6 Å². The molecule has 2 aromatic heterocycles. The minimum Gasteiger partial charge on any atom is -0.497 e. The van der Waals surface area contributed by atoms with Gasteiger partial charge in [0.25, 0.3) is 0 Å². The molecule has 0 aliphatic carbocycles. The average Bonchev–Trinajstić information content (AvgIpc) is 3.15. The topological polar surface area (TPSA) is 69.0 Å². The molecule has 4 aromatic rings. The molecule has 0 saturated heterocycles. The van der Waals surface area contributed by atoms with Crippen LogP contribution in [0.1, 0.15) is 17.8 Å². The second-order valence-electron chi connectivity index (χ2n) is 7.09. The van der Waals surface area contributed by atoms with Crippen LogP contribution < -0.4 is 10.1 Å². The maximum absolute atomic E-state index is 12.6. The van der Waals surface area contributed by atoms with Gasteiger partial charge >= 0.3 is 0 Å². The van der Waals surface area contributed by atoms with Crippen LogP contribution in [0, 0.1) is 0 Å². The number of nitrogens with one attached hydrogen (secondary N) is 1. The van der Waals surface area contributed by atoms with Crippen LogP contribution in [0.4, 0.5) is 5.69 Å². The summed E-state index contributed by atoms with van der Waals surface area (Å²) in [7, 11) is 1.66. The Morgan fingerprint density at radius 3 is 2.74 bits per heavy atom. The predicted octanol–water partition coefficient (Wildman–Crippen LogP) is 4.78. The molecule has 2 aromatic carbocycles. The molecule has 4 rings (SSSR count). The number of aromatic nitrogens is 3. The number of pyridine rings is 1. The van der Waals surface area contributed by atoms with E-state index in [1.54, 1.807) is 25.1 Å². The lowest BCUT2D eigenvalue weighted by atomic mass is 10.2. The van der Waals surface area contributed by atoms with Crippen molar-refractivity contribution in [3.8, 4) is 5.75 Å². The average molecular weight is 433 g/mol. The highest BCUT2D eigenvalue weighted by Crippen LogP contribution is 2.21. The number of methoxy groups -OCH3 is 1. The summed E-state index contributed by atoms with van der Waals surface area (Å²) >= 11 is 1.65. The van der Waals surface area contributed by atoms with E-state index in [0.717, 1.165) is 38.9 Å². The number of amides is 1. The molecule has 0 fully saturated rings. The number of aryl methyl sites for hydroxylation is 1. The second kappa shape index (κ2) is 9.66. The summed E-state index contributed by atoms with van der Waals surface area (Å²) in [4.78, 5) is 22.9. The van der Waals surface area contributed by atoms with Gasteiger partial charge in [-0.15, -0.1) is 11.8 Å². The van der Waals surface area contributed by atoms with Crippen molar-refractivity contribution in [2.45, 2.75) is 24.3 Å². The van der Waals surface area contributed by atoms with Gasteiger partial charge in [-0.3, -0.25) is 4.79 Å². The van der Waals surface area contributed by atoms with E-state index in [4.69, 9.17) is 9.72 Å². The number of hydrogen-bond acceptors (Lipinski definition) is 5. The largest absolute Gasteiger partial charge is 0.497 e. The molecule has 7 heteroatoms. The summed E-state index contributed by atoms with van der Waals surface area (Å²) in [5.74, 6) is 1.63. The Bertz CT molecular complexity index is 1190. The fraction of sp³-hybridized carbons (Fsp3) is 0.208. The van der Waals surface area contributed by atoms with E-state index in [-0.39, 0.29) is 5.91 Å². The summed E-state index contributed by atoms with van der Waals surface area (Å²) in [5, 5.41) is 2.98. The molecule has 0 radical (unpaired) electrons. The molecule has 0 bridgehead atoms. The lowest BCUT2D eigenvalue weighted by Gasteiger charge is -2.10. The van der Waals surface area contributed by atoms with Crippen molar-refractivity contribution in [1.82, 2.24) is 14.5 Å². The molecule has 0 unspecified atom stereocenters. The predicted molar refractivity (Wildman–Crippen MR) is 125 cm³/mol. The number of carbonyl (C=O) groups is 1. The van der Waals surface area contributed by atoms with Gasteiger partial charge < -0.3 is 14.6 Å². The molecule has 158 valence electrons. The van der Waals surface area contributed by atoms with E-state index in [9.17, 15) is 4.79 Å². The lowest BCUT2D eigenvalue weighted by molar-refractivity contribution is -0.116. The van der Waals surface area contributed by atoms with Crippen LogP contribution in [0.5, 0.6) is 5.75 Å². The minimum atomic E-state index is -0.0331. The van der Waals surface area contributed by atoms with Crippen molar-refractivity contribution < 1.29 is 9.53 Å². The van der Waals surface area contributed by atoms with Crippen molar-refractivity contribution in [3.63, 3.8) is 0 Å². The number of ether oxygens (including phenoxy) is 1. The van der Waals surface area contributed by atoms with Crippen LogP contribution in [-0.2, 0) is 17.8 Å². The fourth-order valence-electron chi connectivity index (χ4n) is 3.43. The standard InChI is InChI=1S/C24H24N4O2S/c1-30-19-10-8-17(9-11-19)16-28-22(27-21-7-4-14-25-24(21)28)12-13-23(29)26-18-5-3-6-20(15-18)31-2/h3-11,14-15H,12-13,16H2,1-2H3,(H,26,29). The highest BCUT2D eigenvalue weighted by Gasteiger charge is 2.14. The van der Waals surface area contributed by atoms with Gasteiger partial charge in [-0.05, 0) is 54.3 Å². The van der Waals surface area contributed by atoms with E-state index in [1.165, 1.54) is 0 Å². The number of rotatable bonds is 8. The van der Waals surface area contributed by atoms with Crippen molar-refractivity contribution in [2.24, 2.45) is 0 Å². The zero-order valence-corrected chi connectivity index (χ0v) is 18.4. The smallest absolute Gasteiger partial charge is 0.224 e. The normalized spacial score (nSPS) is 10.9. The Morgan fingerprint density at radius 1 is 1.13 bits per heavy atom. The first-order chi connectivity index (χ1) is 15.2. The van der Waals surface area contributed by atoms with E-state index >= 15 is 0 Å². The third-order valence-electron chi connectivity index (χ3n) is 5.01. The summed E-state index contributed by atoms with van der Waals surface area (Å²) in [6, 6.07) is 19.6. The van der Waals surface area contributed by atoms with Gasteiger partial charge in [0.15, 0.2) is 5.65 Å². The Hall–Kier alpha value is -3.32. The van der Waals surface area contributed by atoms with Crippen LogP contribution >= 0.6 is 11.8 Å². The molecule has 1 N–H and O–H groups in total. The van der Waals surface area contributed by atoms with Crippen molar-refractivity contribution >= 4 is 34.5 Å². The Morgan fingerprint density at radius 2 is 1.97 bits per heavy atom. The SMILES string of the molecule is COc1ccc(Cn2c(CCC(=O)Nc3cccc(SC)c3)nc3cccnc32)cc1. The first kappa shape index (κ1) is 20.9. The highest BCUT2D eigenvalue weighted by atomic mass is 32.2. The van der Waals surface area contributed by atoms with Gasteiger partial charge in [0.2, 0.25) is 5.91 Å². The van der Waals surface area contributed by atoms with Crippen LogP contribution in [-0.4, -0.2) is 33.8 Å². The maximum Gasteiger partial charge on any atom is 0.224 e. The van der Waals surface area contributed by atoms with Crippen LogP contribution in [0.3, 0.4) is 0 Å². The van der Waals surface area contributed by atoms with Gasteiger partial charge in [0.05, 0.1) is 13.7 Å². The van der Waals surface area contributed by atoms with E-state index in [0.29, 0.717) is 19.4 Å². The number of nitrogens with zero attached hydrogens (tertiary/aromatic N) is 3. The molecule has 0 aliphatic rings. The van der Waals surface area contributed by atoms with Gasteiger partial charge in [-0.2, -0.15) is 0 Å². The quantitative estimate of drug-likeness (QED) is 0.406. The van der Waals surface area contributed by atoms with Crippen LogP contribution in [0.25, 0.3) is 11.2 Å². The van der Waals surface area contributed by atoms with E-state index in [1.807, 2.05) is 66.9 Å².